The van der Waals surface area contributed by atoms with E-state index in [1.807, 2.05) is 53.4 Å². The van der Waals surface area contributed by atoms with E-state index >= 15 is 0 Å². The molecule has 184 valence electrons. The lowest BCUT2D eigenvalue weighted by Crippen LogP contribution is -2.42. The van der Waals surface area contributed by atoms with Crippen LogP contribution in [0.2, 0.25) is 0 Å². The zero-order chi connectivity index (χ0) is 25.1. The Morgan fingerprint density at radius 1 is 1.08 bits per heavy atom. The third-order valence-electron chi connectivity index (χ3n) is 6.76. The topological polar surface area (TPSA) is 101 Å². The molecule has 2 fully saturated rings. The molecule has 0 unspecified atom stereocenters. The van der Waals surface area contributed by atoms with E-state index in [9.17, 15) is 19.2 Å². The maximum atomic E-state index is 13.7. The van der Waals surface area contributed by atoms with Crippen LogP contribution in [-0.2, 0) is 4.79 Å². The minimum absolute atomic E-state index is 0.00126. The Hall–Kier alpha value is -4.03. The van der Waals surface area contributed by atoms with E-state index in [1.165, 1.54) is 4.90 Å². The van der Waals surface area contributed by atoms with Gasteiger partial charge in [0.2, 0.25) is 5.91 Å². The molecule has 2 aliphatic rings. The van der Waals surface area contributed by atoms with Crippen molar-refractivity contribution < 1.29 is 14.0 Å². The molecular weight excluding hydrogens is 459 g/mol. The van der Waals surface area contributed by atoms with Crippen molar-refractivity contribution in [2.24, 2.45) is 0 Å². The highest BCUT2D eigenvalue weighted by atomic mass is 19.1. The Bertz CT molecular complexity index is 1310. The average molecular weight is 487 g/mol. The van der Waals surface area contributed by atoms with Crippen LogP contribution >= 0.6 is 0 Å². The Balaban J connectivity index is 1.25. The molecule has 2 aliphatic heterocycles. The fourth-order valence-electron chi connectivity index (χ4n) is 4.96. The maximum Gasteiger partial charge on any atom is 0.255 e. The lowest BCUT2D eigenvalue weighted by molar-refractivity contribution is -0.132. The predicted octanol–water partition coefficient (Wildman–Crippen LogP) is 3.44. The van der Waals surface area contributed by atoms with Gasteiger partial charge in [-0.1, -0.05) is 18.2 Å². The average Bonchev–Trinajstić information content (AvgIpc) is 3.51. The van der Waals surface area contributed by atoms with Crippen LogP contribution in [-0.4, -0.2) is 71.0 Å². The molecule has 2 aromatic carbocycles. The number of hydrogen-bond donors (Lipinski definition) is 2. The maximum absolute atomic E-state index is 13.7. The smallest absolute Gasteiger partial charge is 0.255 e. The van der Waals surface area contributed by atoms with Crippen LogP contribution in [0.15, 0.2) is 60.8 Å². The number of pyridine rings is 1. The molecule has 2 saturated heterocycles. The number of anilines is 2. The van der Waals surface area contributed by atoms with E-state index in [2.05, 4.69) is 15.6 Å². The van der Waals surface area contributed by atoms with Gasteiger partial charge < -0.3 is 15.5 Å². The number of nitrogens with zero attached hydrogens (tertiary/aromatic N) is 4. The first-order valence-electron chi connectivity index (χ1n) is 12.1. The Labute approximate surface area is 208 Å². The van der Waals surface area contributed by atoms with Gasteiger partial charge in [0, 0.05) is 48.4 Å². The number of aromatic nitrogens is 1. The number of fused-ring (bicyclic) bond motifs is 1. The molecule has 0 bridgehead atoms. The van der Waals surface area contributed by atoms with Crippen LogP contribution in [0, 0.1) is 11.3 Å². The summed E-state index contributed by atoms with van der Waals surface area (Å²) in [5.41, 5.74) is 2.79. The normalized spacial score (nSPS) is 21.9. The minimum Gasteiger partial charge on any atom is -0.380 e. The summed E-state index contributed by atoms with van der Waals surface area (Å²) in [7, 11) is 0. The van der Waals surface area contributed by atoms with Gasteiger partial charge in [-0.3, -0.25) is 19.5 Å². The number of carbonyl (C=O) groups is 2. The molecule has 3 atom stereocenters. The van der Waals surface area contributed by atoms with Crippen molar-refractivity contribution in [1.29, 1.82) is 5.26 Å². The van der Waals surface area contributed by atoms with Crippen molar-refractivity contribution in [3.8, 4) is 6.07 Å². The number of likely N-dealkylation sites (tertiary alicyclic amines) is 2. The van der Waals surface area contributed by atoms with Crippen LogP contribution in [0.4, 0.5) is 15.8 Å². The van der Waals surface area contributed by atoms with Gasteiger partial charge in [0.25, 0.3) is 5.91 Å². The molecule has 9 heteroatoms. The summed E-state index contributed by atoms with van der Waals surface area (Å²) in [6.07, 6.45) is 1.50. The summed E-state index contributed by atoms with van der Waals surface area (Å²) in [5, 5.41) is 16.6. The third kappa shape index (κ3) is 4.99. The first-order valence-corrected chi connectivity index (χ1v) is 12.1. The molecule has 3 aromatic rings. The molecule has 0 saturated carbocycles. The van der Waals surface area contributed by atoms with Gasteiger partial charge in [-0.05, 0) is 42.8 Å². The van der Waals surface area contributed by atoms with Gasteiger partial charge in [-0.25, -0.2) is 4.39 Å². The first-order chi connectivity index (χ1) is 17.5. The molecule has 3 heterocycles. The number of nitriles is 1. The highest BCUT2D eigenvalue weighted by molar-refractivity contribution is 6.10. The molecule has 0 aliphatic carbocycles. The van der Waals surface area contributed by atoms with Gasteiger partial charge in [-0.2, -0.15) is 5.26 Å². The van der Waals surface area contributed by atoms with Crippen molar-refractivity contribution in [3.63, 3.8) is 0 Å². The molecule has 0 radical (unpaired) electrons. The van der Waals surface area contributed by atoms with Gasteiger partial charge in [0.15, 0.2) is 0 Å². The monoisotopic (exact) mass is 486 g/mol. The van der Waals surface area contributed by atoms with Crippen molar-refractivity contribution in [1.82, 2.24) is 14.8 Å². The van der Waals surface area contributed by atoms with E-state index in [0.717, 1.165) is 24.0 Å². The zero-order valence-electron chi connectivity index (χ0n) is 19.7. The van der Waals surface area contributed by atoms with Gasteiger partial charge >= 0.3 is 0 Å². The van der Waals surface area contributed by atoms with Gasteiger partial charge in [-0.15, -0.1) is 0 Å². The van der Waals surface area contributed by atoms with Crippen molar-refractivity contribution in [3.05, 3.63) is 66.4 Å². The number of halogens is 1. The van der Waals surface area contributed by atoms with Crippen molar-refractivity contribution >= 4 is 34.1 Å². The number of nitrogens with one attached hydrogen (secondary N) is 2. The summed E-state index contributed by atoms with van der Waals surface area (Å²) < 4.78 is 13.7. The Morgan fingerprint density at radius 3 is 2.69 bits per heavy atom. The first kappa shape index (κ1) is 23.7. The summed E-state index contributed by atoms with van der Waals surface area (Å²) >= 11 is 0. The van der Waals surface area contributed by atoms with E-state index in [0.29, 0.717) is 23.3 Å². The third-order valence-corrected chi connectivity index (χ3v) is 6.76. The molecule has 5 rings (SSSR count). The van der Waals surface area contributed by atoms with Crippen LogP contribution in [0.1, 0.15) is 23.2 Å². The SMILES string of the molecule is N#C[C@@H]1C[C@H](F)CN1C(=O)CN1CC[C@H](Nc2ccc(NC(=O)c3ccccc3)c3ncccc23)C1. The van der Waals surface area contributed by atoms with E-state index < -0.39 is 12.2 Å². The standard InChI is InChI=1S/C27H27FN6O2/c28-19-13-21(14-29)34(15-19)25(35)17-33-12-10-20(16-33)31-23-8-9-24(26-22(23)7-4-11-30-26)32-27(36)18-5-2-1-3-6-18/h1-9,11,19-21,31H,10,12-13,15-17H2,(H,32,36)/t19-,20-,21-/m0/s1. The lowest BCUT2D eigenvalue weighted by Gasteiger charge is -2.23. The molecule has 0 spiro atoms. The second-order valence-corrected chi connectivity index (χ2v) is 9.27. The molecule has 36 heavy (non-hydrogen) atoms. The Morgan fingerprint density at radius 2 is 1.89 bits per heavy atom. The minimum atomic E-state index is -1.13. The molecule has 8 nitrogen and oxygen atoms in total. The Kier molecular flexibility index (Phi) is 6.78. The van der Waals surface area contributed by atoms with Gasteiger partial charge in [0.1, 0.15) is 12.2 Å². The second-order valence-electron chi connectivity index (χ2n) is 9.27. The second kappa shape index (κ2) is 10.3. The quantitative estimate of drug-likeness (QED) is 0.554. The number of amides is 2. The number of alkyl halides is 1. The zero-order valence-corrected chi connectivity index (χ0v) is 19.7. The lowest BCUT2D eigenvalue weighted by atomic mass is 10.1. The fraction of sp³-hybridized carbons (Fsp3) is 0.333. The van der Waals surface area contributed by atoms with Crippen molar-refractivity contribution in [2.75, 3.05) is 36.8 Å². The number of carbonyl (C=O) groups excluding carboxylic acids is 2. The number of rotatable bonds is 6. The highest BCUT2D eigenvalue weighted by Gasteiger charge is 2.36. The summed E-state index contributed by atoms with van der Waals surface area (Å²) in [6.45, 7) is 1.56. The van der Waals surface area contributed by atoms with Crippen LogP contribution < -0.4 is 10.6 Å². The molecule has 2 N–H and O–H groups in total. The predicted molar refractivity (Wildman–Crippen MR) is 135 cm³/mol. The van der Waals surface area contributed by atoms with E-state index in [1.54, 1.807) is 18.3 Å². The van der Waals surface area contributed by atoms with Gasteiger partial charge in [0.05, 0.1) is 30.4 Å². The van der Waals surface area contributed by atoms with E-state index in [4.69, 9.17) is 0 Å². The fourth-order valence-corrected chi connectivity index (χ4v) is 4.96. The molecular formula is C27H27FN6O2. The van der Waals surface area contributed by atoms with E-state index in [-0.39, 0.29) is 37.4 Å². The highest BCUT2D eigenvalue weighted by Crippen LogP contribution is 2.30. The van der Waals surface area contributed by atoms with Crippen LogP contribution in [0.25, 0.3) is 10.9 Å². The summed E-state index contributed by atoms with van der Waals surface area (Å²) in [4.78, 5) is 33.3. The largest absolute Gasteiger partial charge is 0.380 e. The molecule has 2 amide bonds. The summed E-state index contributed by atoms with van der Waals surface area (Å²) in [6, 6.07) is 18.1. The van der Waals surface area contributed by atoms with Crippen molar-refractivity contribution in [2.45, 2.75) is 31.1 Å². The number of hydrogen-bond acceptors (Lipinski definition) is 6. The van der Waals surface area contributed by atoms with Crippen LogP contribution in [0.5, 0.6) is 0 Å². The molecule has 1 aromatic heterocycles. The number of benzene rings is 2. The summed E-state index contributed by atoms with van der Waals surface area (Å²) in [5.74, 6) is -0.398. The van der Waals surface area contributed by atoms with Crippen LogP contribution in [0.3, 0.4) is 0 Å².